The van der Waals surface area contributed by atoms with Crippen molar-refractivity contribution in [1.82, 2.24) is 20.1 Å². The van der Waals surface area contributed by atoms with Crippen LogP contribution in [0.15, 0.2) is 60.9 Å². The van der Waals surface area contributed by atoms with Crippen molar-refractivity contribution in [3.63, 3.8) is 0 Å². The standard InChI is InChI=1S/C22H21FN4O/c1-2-15-6-5-7-17-16(14-25-21(15)17)10-12-24-22(28)19-11-13-27(26-19)20-9-4-3-8-18(20)23/h3-9,11,13-14,25H,2,10,12H2,1H3,(H,24,28). The quantitative estimate of drug-likeness (QED) is 0.534. The largest absolute Gasteiger partial charge is 0.361 e. The van der Waals surface area contributed by atoms with Gasteiger partial charge in [0.05, 0.1) is 0 Å². The number of nitrogens with zero attached hydrogens (tertiary/aromatic N) is 2. The first kappa shape index (κ1) is 18.0. The first-order valence-corrected chi connectivity index (χ1v) is 9.34. The lowest BCUT2D eigenvalue weighted by Crippen LogP contribution is -2.26. The van der Waals surface area contributed by atoms with E-state index < -0.39 is 0 Å². The number of aromatic nitrogens is 3. The fourth-order valence-electron chi connectivity index (χ4n) is 3.39. The molecule has 5 nitrogen and oxygen atoms in total. The number of H-pyrrole nitrogens is 1. The molecule has 142 valence electrons. The van der Waals surface area contributed by atoms with Crippen LogP contribution in [0.5, 0.6) is 0 Å². The smallest absolute Gasteiger partial charge is 0.271 e. The normalized spacial score (nSPS) is 11.1. The summed E-state index contributed by atoms with van der Waals surface area (Å²) in [5.41, 5.74) is 4.19. The number of halogens is 1. The van der Waals surface area contributed by atoms with Gasteiger partial charge in [0.25, 0.3) is 5.91 Å². The molecule has 0 aliphatic rings. The van der Waals surface area contributed by atoms with Gasteiger partial charge in [-0.1, -0.05) is 37.3 Å². The number of benzene rings is 2. The van der Waals surface area contributed by atoms with Crippen LogP contribution in [-0.2, 0) is 12.8 Å². The van der Waals surface area contributed by atoms with Crippen LogP contribution >= 0.6 is 0 Å². The molecule has 2 N–H and O–H groups in total. The van der Waals surface area contributed by atoms with E-state index in [1.807, 2.05) is 6.20 Å². The van der Waals surface area contributed by atoms with Gasteiger partial charge in [-0.2, -0.15) is 5.10 Å². The molecule has 4 rings (SSSR count). The van der Waals surface area contributed by atoms with Gasteiger partial charge in [-0.3, -0.25) is 4.79 Å². The number of hydrogen-bond donors (Lipinski definition) is 2. The molecule has 6 heteroatoms. The zero-order valence-corrected chi connectivity index (χ0v) is 15.6. The molecule has 2 heterocycles. The molecule has 0 saturated heterocycles. The Morgan fingerprint density at radius 2 is 2.00 bits per heavy atom. The maximum atomic E-state index is 13.9. The summed E-state index contributed by atoms with van der Waals surface area (Å²) in [5.74, 6) is -0.660. The van der Waals surface area contributed by atoms with Crippen molar-refractivity contribution in [2.45, 2.75) is 19.8 Å². The van der Waals surface area contributed by atoms with Gasteiger partial charge in [0.1, 0.15) is 11.5 Å². The van der Waals surface area contributed by atoms with E-state index in [4.69, 9.17) is 0 Å². The van der Waals surface area contributed by atoms with Gasteiger partial charge < -0.3 is 10.3 Å². The van der Waals surface area contributed by atoms with Crippen LogP contribution in [0.4, 0.5) is 4.39 Å². The van der Waals surface area contributed by atoms with E-state index in [1.54, 1.807) is 30.5 Å². The van der Waals surface area contributed by atoms with Crippen molar-refractivity contribution in [2.24, 2.45) is 0 Å². The monoisotopic (exact) mass is 376 g/mol. The van der Waals surface area contributed by atoms with E-state index in [9.17, 15) is 9.18 Å². The summed E-state index contributed by atoms with van der Waals surface area (Å²) in [5, 5.41) is 8.27. The highest BCUT2D eigenvalue weighted by atomic mass is 19.1. The summed E-state index contributed by atoms with van der Waals surface area (Å²) in [4.78, 5) is 15.7. The maximum absolute atomic E-state index is 13.9. The number of aryl methyl sites for hydroxylation is 1. The second-order valence-electron chi connectivity index (χ2n) is 6.61. The third-order valence-corrected chi connectivity index (χ3v) is 4.87. The van der Waals surface area contributed by atoms with Crippen molar-refractivity contribution >= 4 is 16.8 Å². The fourth-order valence-corrected chi connectivity index (χ4v) is 3.39. The molecule has 0 spiro atoms. The van der Waals surface area contributed by atoms with Gasteiger partial charge >= 0.3 is 0 Å². The molecule has 28 heavy (non-hydrogen) atoms. The Labute approximate surface area is 162 Å². The number of rotatable bonds is 6. The summed E-state index contributed by atoms with van der Waals surface area (Å²) in [7, 11) is 0. The van der Waals surface area contributed by atoms with Crippen molar-refractivity contribution in [1.29, 1.82) is 0 Å². The van der Waals surface area contributed by atoms with Crippen LogP contribution < -0.4 is 5.32 Å². The summed E-state index contributed by atoms with van der Waals surface area (Å²) in [6, 6.07) is 14.2. The average Bonchev–Trinajstić information content (AvgIpc) is 3.36. The van der Waals surface area contributed by atoms with E-state index in [-0.39, 0.29) is 17.4 Å². The summed E-state index contributed by atoms with van der Waals surface area (Å²) in [6.45, 7) is 2.63. The van der Waals surface area contributed by atoms with Gasteiger partial charge in [0.15, 0.2) is 5.69 Å². The molecule has 0 aliphatic carbocycles. The van der Waals surface area contributed by atoms with E-state index in [0.29, 0.717) is 18.7 Å². The fraction of sp³-hybridized carbons (Fsp3) is 0.182. The zero-order chi connectivity index (χ0) is 19.5. The molecule has 0 fully saturated rings. The highest BCUT2D eigenvalue weighted by Gasteiger charge is 2.12. The number of carbonyl (C=O) groups is 1. The average molecular weight is 376 g/mol. The number of nitrogens with one attached hydrogen (secondary N) is 2. The maximum Gasteiger partial charge on any atom is 0.271 e. The lowest BCUT2D eigenvalue weighted by molar-refractivity contribution is 0.0948. The minimum atomic E-state index is -0.386. The number of hydrogen-bond acceptors (Lipinski definition) is 2. The number of para-hydroxylation sites is 2. The molecule has 0 unspecified atom stereocenters. The molecular formula is C22H21FN4O. The summed E-state index contributed by atoms with van der Waals surface area (Å²) in [6.07, 6.45) is 5.27. The number of amides is 1. The molecule has 0 saturated carbocycles. The molecule has 1 amide bonds. The minimum Gasteiger partial charge on any atom is -0.361 e. The third kappa shape index (κ3) is 3.41. The Bertz CT molecular complexity index is 1130. The van der Waals surface area contributed by atoms with Crippen molar-refractivity contribution < 1.29 is 9.18 Å². The van der Waals surface area contributed by atoms with E-state index in [1.165, 1.54) is 27.3 Å². The molecule has 4 aromatic rings. The lowest BCUT2D eigenvalue weighted by Gasteiger charge is -2.04. The molecule has 0 bridgehead atoms. The van der Waals surface area contributed by atoms with Crippen LogP contribution in [0.3, 0.4) is 0 Å². The Hall–Kier alpha value is -3.41. The predicted molar refractivity (Wildman–Crippen MR) is 107 cm³/mol. The Balaban J connectivity index is 1.41. The van der Waals surface area contributed by atoms with Crippen molar-refractivity contribution in [3.8, 4) is 5.69 Å². The summed E-state index contributed by atoms with van der Waals surface area (Å²) >= 11 is 0. The van der Waals surface area contributed by atoms with Crippen LogP contribution in [0.25, 0.3) is 16.6 Å². The Morgan fingerprint density at radius 3 is 2.82 bits per heavy atom. The van der Waals surface area contributed by atoms with E-state index >= 15 is 0 Å². The first-order chi connectivity index (χ1) is 13.7. The molecule has 2 aromatic carbocycles. The van der Waals surface area contributed by atoms with Gasteiger partial charge in [0.2, 0.25) is 0 Å². The van der Waals surface area contributed by atoms with Crippen LogP contribution in [0.2, 0.25) is 0 Å². The number of fused-ring (bicyclic) bond motifs is 1. The number of carbonyl (C=O) groups excluding carboxylic acids is 1. The topological polar surface area (TPSA) is 62.7 Å². The second-order valence-corrected chi connectivity index (χ2v) is 6.61. The van der Waals surface area contributed by atoms with E-state index in [0.717, 1.165) is 11.9 Å². The van der Waals surface area contributed by atoms with Gasteiger partial charge in [0, 0.05) is 29.8 Å². The minimum absolute atomic E-state index is 0.260. The SMILES string of the molecule is CCc1cccc2c(CCNC(=O)c3ccn(-c4ccccc4F)n3)c[nH]c12. The molecule has 0 aliphatic heterocycles. The first-order valence-electron chi connectivity index (χ1n) is 9.34. The lowest BCUT2D eigenvalue weighted by atomic mass is 10.1. The van der Waals surface area contributed by atoms with Crippen molar-refractivity contribution in [2.75, 3.05) is 6.54 Å². The van der Waals surface area contributed by atoms with Crippen LogP contribution in [-0.4, -0.2) is 27.2 Å². The van der Waals surface area contributed by atoms with Crippen LogP contribution in [0, 0.1) is 5.82 Å². The molecular weight excluding hydrogens is 355 g/mol. The van der Waals surface area contributed by atoms with Gasteiger partial charge in [-0.25, -0.2) is 9.07 Å². The summed E-state index contributed by atoms with van der Waals surface area (Å²) < 4.78 is 15.2. The highest BCUT2D eigenvalue weighted by molar-refractivity contribution is 5.92. The molecule has 2 aromatic heterocycles. The molecule has 0 atom stereocenters. The Morgan fingerprint density at radius 1 is 1.14 bits per heavy atom. The highest BCUT2D eigenvalue weighted by Crippen LogP contribution is 2.22. The molecule has 0 radical (unpaired) electrons. The second kappa shape index (κ2) is 7.68. The van der Waals surface area contributed by atoms with E-state index in [2.05, 4.69) is 40.5 Å². The van der Waals surface area contributed by atoms with Gasteiger partial charge in [-0.15, -0.1) is 0 Å². The third-order valence-electron chi connectivity index (χ3n) is 4.87. The van der Waals surface area contributed by atoms with Crippen LogP contribution in [0.1, 0.15) is 28.5 Å². The van der Waals surface area contributed by atoms with Gasteiger partial charge in [-0.05, 0) is 42.2 Å². The number of aromatic amines is 1. The Kier molecular flexibility index (Phi) is 4.93. The predicted octanol–water partition coefficient (Wildman–Crippen LogP) is 4.03. The zero-order valence-electron chi connectivity index (χ0n) is 15.6. The van der Waals surface area contributed by atoms with Crippen molar-refractivity contribution in [3.05, 3.63) is 83.6 Å².